The molecule has 0 unspecified atom stereocenters. The second-order valence-electron chi connectivity index (χ2n) is 3.00. The van der Waals surface area contributed by atoms with Crippen LogP contribution < -0.4 is 0 Å². The number of H-pyrrole nitrogens is 1. The smallest absolute Gasteiger partial charge is 0.404 e. The molecule has 0 aliphatic rings. The van der Waals surface area contributed by atoms with E-state index in [2.05, 4.69) is 9.72 Å². The average molecular weight is 228 g/mol. The molecule has 1 aromatic heterocycles. The second kappa shape index (κ2) is 3.90. The number of benzene rings is 1. The van der Waals surface area contributed by atoms with Crippen LogP contribution in [0.2, 0.25) is 0 Å². The van der Waals surface area contributed by atoms with Gasteiger partial charge >= 0.3 is 5.43 Å². The zero-order valence-electron chi connectivity index (χ0n) is 7.59. The van der Waals surface area contributed by atoms with Crippen molar-refractivity contribution >= 4 is 27.9 Å². The Labute approximate surface area is 89.8 Å². The molecule has 0 aliphatic heterocycles. The van der Waals surface area contributed by atoms with Gasteiger partial charge in [0, 0.05) is 34.3 Å². The molecule has 2 aromatic rings. The van der Waals surface area contributed by atoms with E-state index in [0.29, 0.717) is 16.5 Å². The predicted octanol–water partition coefficient (Wildman–Crippen LogP) is 3.18. The van der Waals surface area contributed by atoms with Crippen LogP contribution in [0.25, 0.3) is 10.9 Å². The fraction of sp³-hybridized carbons (Fsp3) is 0.100. The van der Waals surface area contributed by atoms with Crippen molar-refractivity contribution in [2.24, 2.45) is 0 Å². The number of hydrogen-bond donors (Lipinski definition) is 1. The van der Waals surface area contributed by atoms with E-state index in [1.165, 1.54) is 6.07 Å². The van der Waals surface area contributed by atoms with Crippen LogP contribution in [0.15, 0.2) is 24.4 Å². The number of halogens is 2. The van der Waals surface area contributed by atoms with Gasteiger partial charge in [-0.05, 0) is 12.1 Å². The Morgan fingerprint density at radius 2 is 2.33 bits per heavy atom. The maximum Gasteiger partial charge on any atom is 0.404 e. The fourth-order valence-corrected chi connectivity index (χ4v) is 1.51. The molecule has 0 spiro atoms. The molecule has 5 heteroatoms. The normalized spacial score (nSPS) is 10.5. The molecule has 0 bridgehead atoms. The topological polar surface area (TPSA) is 42.1 Å². The number of fused-ring (bicyclic) bond motifs is 1. The van der Waals surface area contributed by atoms with Gasteiger partial charge in [-0.25, -0.2) is 9.18 Å². The Morgan fingerprint density at radius 1 is 1.53 bits per heavy atom. The quantitative estimate of drug-likeness (QED) is 0.801. The van der Waals surface area contributed by atoms with Gasteiger partial charge in [-0.1, -0.05) is 6.07 Å². The second-order valence-corrected chi connectivity index (χ2v) is 3.31. The summed E-state index contributed by atoms with van der Waals surface area (Å²) in [5.74, 6) is -0.352. The highest BCUT2D eigenvalue weighted by Gasteiger charge is 2.09. The number of aromatic nitrogens is 1. The number of carbonyl (C=O) groups excluding carboxylic acids is 1. The Morgan fingerprint density at radius 3 is 3.07 bits per heavy atom. The first-order valence-corrected chi connectivity index (χ1v) is 4.63. The van der Waals surface area contributed by atoms with Crippen LogP contribution in [-0.4, -0.2) is 10.4 Å². The summed E-state index contributed by atoms with van der Waals surface area (Å²) in [7, 11) is 0. The zero-order valence-corrected chi connectivity index (χ0v) is 8.34. The minimum Gasteiger partial charge on any atom is -0.449 e. The summed E-state index contributed by atoms with van der Waals surface area (Å²) in [4.78, 5) is 13.3. The van der Waals surface area contributed by atoms with Crippen LogP contribution in [0, 0.1) is 5.82 Å². The Bertz CT molecular complexity index is 509. The van der Waals surface area contributed by atoms with Gasteiger partial charge in [0.15, 0.2) is 0 Å². The van der Waals surface area contributed by atoms with Gasteiger partial charge in [0.1, 0.15) is 12.4 Å². The lowest BCUT2D eigenvalue weighted by molar-refractivity contribution is 0.167. The van der Waals surface area contributed by atoms with Crippen LogP contribution in [0.4, 0.5) is 9.18 Å². The largest absolute Gasteiger partial charge is 0.449 e. The number of ether oxygens (including phenoxy) is 1. The van der Waals surface area contributed by atoms with Crippen molar-refractivity contribution < 1.29 is 13.9 Å². The molecule has 1 N–H and O–H groups in total. The molecule has 1 heterocycles. The predicted molar refractivity (Wildman–Crippen MR) is 54.3 cm³/mol. The van der Waals surface area contributed by atoms with E-state index in [-0.39, 0.29) is 12.4 Å². The first-order chi connectivity index (χ1) is 7.18. The molecule has 0 saturated heterocycles. The van der Waals surface area contributed by atoms with E-state index in [1.54, 1.807) is 18.3 Å². The summed E-state index contributed by atoms with van der Waals surface area (Å²) in [6.45, 7) is -0.0384. The number of nitrogens with one attached hydrogen (secondary N) is 1. The van der Waals surface area contributed by atoms with E-state index < -0.39 is 5.43 Å². The molecule has 15 heavy (non-hydrogen) atoms. The number of rotatable bonds is 2. The van der Waals surface area contributed by atoms with Crippen LogP contribution >= 0.6 is 11.6 Å². The van der Waals surface area contributed by atoms with E-state index >= 15 is 0 Å². The molecule has 1 aromatic carbocycles. The molecular weight excluding hydrogens is 221 g/mol. The molecule has 78 valence electrons. The van der Waals surface area contributed by atoms with Crippen LogP contribution in [0.5, 0.6) is 0 Å². The first-order valence-electron chi connectivity index (χ1n) is 4.25. The molecule has 2 rings (SSSR count). The lowest BCUT2D eigenvalue weighted by atomic mass is 10.2. The molecule has 0 amide bonds. The summed E-state index contributed by atoms with van der Waals surface area (Å²) < 4.78 is 18.0. The molecule has 0 radical (unpaired) electrons. The monoisotopic (exact) mass is 227 g/mol. The highest BCUT2D eigenvalue weighted by molar-refractivity contribution is 6.61. The average Bonchev–Trinajstić information content (AvgIpc) is 2.59. The molecule has 3 nitrogen and oxygen atoms in total. The number of hydrogen-bond acceptors (Lipinski definition) is 2. The minimum absolute atomic E-state index is 0.0384. The van der Waals surface area contributed by atoms with Crippen LogP contribution in [0.1, 0.15) is 5.56 Å². The van der Waals surface area contributed by atoms with Crippen molar-refractivity contribution in [3.63, 3.8) is 0 Å². The van der Waals surface area contributed by atoms with E-state index in [9.17, 15) is 9.18 Å². The molecular formula is C10H7ClFNO2. The first kappa shape index (κ1) is 9.98. The van der Waals surface area contributed by atoms with Crippen molar-refractivity contribution in [2.45, 2.75) is 6.61 Å². The Balaban J connectivity index is 2.39. The summed E-state index contributed by atoms with van der Waals surface area (Å²) in [6.07, 6.45) is 1.59. The standard InChI is InChI=1S/C10H7ClFNO2/c11-10(14)15-5-6-4-13-8-3-1-2-7(12)9(6)8/h1-4,13H,5H2. The summed E-state index contributed by atoms with van der Waals surface area (Å²) in [5, 5.41) is 0.426. The Kier molecular flexibility index (Phi) is 2.60. The van der Waals surface area contributed by atoms with Gasteiger partial charge in [-0.15, -0.1) is 0 Å². The van der Waals surface area contributed by atoms with E-state index in [0.717, 1.165) is 0 Å². The third kappa shape index (κ3) is 1.94. The van der Waals surface area contributed by atoms with Crippen LogP contribution in [-0.2, 0) is 11.3 Å². The van der Waals surface area contributed by atoms with Gasteiger partial charge in [-0.2, -0.15) is 0 Å². The summed E-state index contributed by atoms with van der Waals surface area (Å²) in [6, 6.07) is 4.69. The number of aromatic amines is 1. The summed E-state index contributed by atoms with van der Waals surface area (Å²) >= 11 is 5.02. The maximum atomic E-state index is 13.4. The molecule has 0 fully saturated rings. The minimum atomic E-state index is -0.902. The highest BCUT2D eigenvalue weighted by Crippen LogP contribution is 2.22. The van der Waals surface area contributed by atoms with E-state index in [1.807, 2.05) is 0 Å². The van der Waals surface area contributed by atoms with Crippen molar-refractivity contribution in [3.05, 3.63) is 35.8 Å². The SMILES string of the molecule is O=C(Cl)OCc1c[nH]c2cccc(F)c12. The van der Waals surface area contributed by atoms with Gasteiger partial charge in [0.2, 0.25) is 0 Å². The van der Waals surface area contributed by atoms with Gasteiger partial charge < -0.3 is 9.72 Å². The fourth-order valence-electron chi connectivity index (χ4n) is 1.46. The molecule has 0 aliphatic carbocycles. The summed E-state index contributed by atoms with van der Waals surface area (Å²) in [5.41, 5.74) is 0.327. The van der Waals surface area contributed by atoms with Crippen molar-refractivity contribution in [1.29, 1.82) is 0 Å². The highest BCUT2D eigenvalue weighted by atomic mass is 35.5. The van der Waals surface area contributed by atoms with Gasteiger partial charge in [0.05, 0.1) is 0 Å². The Hall–Kier alpha value is -1.55. The lowest BCUT2D eigenvalue weighted by Crippen LogP contribution is -1.94. The zero-order chi connectivity index (χ0) is 10.8. The maximum absolute atomic E-state index is 13.4. The van der Waals surface area contributed by atoms with Gasteiger partial charge in [-0.3, -0.25) is 0 Å². The van der Waals surface area contributed by atoms with Crippen molar-refractivity contribution in [1.82, 2.24) is 4.98 Å². The van der Waals surface area contributed by atoms with Crippen LogP contribution in [0.3, 0.4) is 0 Å². The van der Waals surface area contributed by atoms with E-state index in [4.69, 9.17) is 11.6 Å². The lowest BCUT2D eigenvalue weighted by Gasteiger charge is -1.99. The van der Waals surface area contributed by atoms with Crippen molar-refractivity contribution in [3.8, 4) is 0 Å². The van der Waals surface area contributed by atoms with Gasteiger partial charge in [0.25, 0.3) is 0 Å². The molecule has 0 saturated carbocycles. The number of carbonyl (C=O) groups is 1. The van der Waals surface area contributed by atoms with Crippen molar-refractivity contribution in [2.75, 3.05) is 0 Å². The third-order valence-electron chi connectivity index (χ3n) is 2.08. The molecule has 0 atom stereocenters. The third-order valence-corrected chi connectivity index (χ3v) is 2.19.